The molecule has 0 saturated carbocycles. The van der Waals surface area contributed by atoms with Crippen molar-refractivity contribution in [2.24, 2.45) is 20.5 Å². The highest BCUT2D eigenvalue weighted by Gasteiger charge is 2.03. The standard InChI is InChI=1S/C22H23N5O/c1-2-27(16-17-28)22-14-12-21(13-15-22)26-25-20-10-8-19(9-11-20)24-23-18-6-4-3-5-7-18/h3-15,28H,2,16-17H2,1H3. The van der Waals surface area contributed by atoms with Crippen molar-refractivity contribution < 1.29 is 5.11 Å². The summed E-state index contributed by atoms with van der Waals surface area (Å²) in [7, 11) is 0. The maximum Gasteiger partial charge on any atom is 0.0858 e. The number of likely N-dealkylation sites (N-methyl/N-ethyl adjacent to an activating group) is 1. The summed E-state index contributed by atoms with van der Waals surface area (Å²) in [4.78, 5) is 2.10. The second-order valence-corrected chi connectivity index (χ2v) is 6.07. The van der Waals surface area contributed by atoms with Gasteiger partial charge in [0, 0.05) is 18.8 Å². The average molecular weight is 373 g/mol. The van der Waals surface area contributed by atoms with Crippen LogP contribution in [0.3, 0.4) is 0 Å². The van der Waals surface area contributed by atoms with E-state index in [0.717, 1.165) is 35.0 Å². The van der Waals surface area contributed by atoms with E-state index >= 15 is 0 Å². The van der Waals surface area contributed by atoms with Crippen molar-refractivity contribution in [3.05, 3.63) is 78.9 Å². The molecule has 0 spiro atoms. The molecule has 3 aromatic rings. The molecule has 0 bridgehead atoms. The number of benzene rings is 3. The normalized spacial score (nSPS) is 11.4. The zero-order chi connectivity index (χ0) is 19.6. The number of hydrogen-bond donors (Lipinski definition) is 1. The van der Waals surface area contributed by atoms with Gasteiger partial charge in [0.05, 0.1) is 29.4 Å². The van der Waals surface area contributed by atoms with Crippen molar-refractivity contribution in [1.82, 2.24) is 0 Å². The minimum absolute atomic E-state index is 0.135. The van der Waals surface area contributed by atoms with Crippen LogP contribution < -0.4 is 4.90 Å². The van der Waals surface area contributed by atoms with Gasteiger partial charge >= 0.3 is 0 Å². The number of azo groups is 2. The van der Waals surface area contributed by atoms with Crippen LogP contribution in [0.1, 0.15) is 6.92 Å². The molecule has 28 heavy (non-hydrogen) atoms. The van der Waals surface area contributed by atoms with E-state index in [9.17, 15) is 0 Å². The number of rotatable bonds is 8. The Labute approximate surface area is 164 Å². The topological polar surface area (TPSA) is 72.9 Å². The van der Waals surface area contributed by atoms with E-state index in [1.807, 2.05) is 78.9 Å². The Morgan fingerprint density at radius 2 is 1.07 bits per heavy atom. The molecule has 0 heterocycles. The van der Waals surface area contributed by atoms with Gasteiger partial charge in [-0.05, 0) is 67.6 Å². The van der Waals surface area contributed by atoms with E-state index in [4.69, 9.17) is 5.11 Å². The van der Waals surface area contributed by atoms with Gasteiger partial charge in [-0.25, -0.2) is 0 Å². The molecule has 3 aromatic carbocycles. The van der Waals surface area contributed by atoms with Gasteiger partial charge < -0.3 is 10.0 Å². The Morgan fingerprint density at radius 1 is 0.643 bits per heavy atom. The van der Waals surface area contributed by atoms with Gasteiger partial charge in [0.2, 0.25) is 0 Å². The molecule has 0 unspecified atom stereocenters. The maximum atomic E-state index is 9.12. The highest BCUT2D eigenvalue weighted by Crippen LogP contribution is 2.24. The predicted octanol–water partition coefficient (Wildman–Crippen LogP) is 6.34. The molecule has 0 saturated heterocycles. The lowest BCUT2D eigenvalue weighted by Crippen LogP contribution is -2.25. The summed E-state index contributed by atoms with van der Waals surface area (Å²) >= 11 is 0. The van der Waals surface area contributed by atoms with Crippen molar-refractivity contribution in [3.8, 4) is 0 Å². The van der Waals surface area contributed by atoms with Crippen molar-refractivity contribution in [2.45, 2.75) is 6.92 Å². The Morgan fingerprint density at radius 3 is 1.50 bits per heavy atom. The molecule has 0 atom stereocenters. The third-order valence-corrected chi connectivity index (χ3v) is 4.13. The zero-order valence-electron chi connectivity index (χ0n) is 15.8. The first-order chi connectivity index (χ1) is 13.8. The number of aliphatic hydroxyl groups is 1. The molecular weight excluding hydrogens is 350 g/mol. The van der Waals surface area contributed by atoms with Crippen LogP contribution in [0.5, 0.6) is 0 Å². The van der Waals surface area contributed by atoms with E-state index in [1.54, 1.807) is 0 Å². The summed E-state index contributed by atoms with van der Waals surface area (Å²) in [6.45, 7) is 3.66. The summed E-state index contributed by atoms with van der Waals surface area (Å²) < 4.78 is 0. The Bertz CT molecular complexity index is 906. The highest BCUT2D eigenvalue weighted by molar-refractivity contribution is 5.53. The average Bonchev–Trinajstić information content (AvgIpc) is 2.76. The Hall–Kier alpha value is -3.38. The van der Waals surface area contributed by atoms with Crippen molar-refractivity contribution in [1.29, 1.82) is 0 Å². The first-order valence-electron chi connectivity index (χ1n) is 9.23. The smallest absolute Gasteiger partial charge is 0.0858 e. The van der Waals surface area contributed by atoms with Gasteiger partial charge in [0.25, 0.3) is 0 Å². The van der Waals surface area contributed by atoms with Crippen LogP contribution in [-0.4, -0.2) is 24.8 Å². The first kappa shape index (κ1) is 19.4. The number of aliphatic hydroxyl groups excluding tert-OH is 1. The lowest BCUT2D eigenvalue weighted by Gasteiger charge is -2.21. The third kappa shape index (κ3) is 5.56. The highest BCUT2D eigenvalue weighted by atomic mass is 16.3. The van der Waals surface area contributed by atoms with Crippen LogP contribution >= 0.6 is 0 Å². The SMILES string of the molecule is CCN(CCO)c1ccc(N=Nc2ccc(N=Nc3ccccc3)cc2)cc1. The van der Waals surface area contributed by atoms with E-state index < -0.39 is 0 Å². The van der Waals surface area contributed by atoms with E-state index in [-0.39, 0.29) is 6.61 Å². The lowest BCUT2D eigenvalue weighted by atomic mass is 10.2. The van der Waals surface area contributed by atoms with Gasteiger partial charge in [-0.15, -0.1) is 0 Å². The van der Waals surface area contributed by atoms with Gasteiger partial charge in [-0.1, -0.05) is 18.2 Å². The minimum atomic E-state index is 0.135. The molecular formula is C22H23N5O. The molecule has 0 aliphatic carbocycles. The molecule has 142 valence electrons. The summed E-state index contributed by atoms with van der Waals surface area (Å²) in [5.74, 6) is 0. The Kier molecular flexibility index (Phi) is 6.98. The minimum Gasteiger partial charge on any atom is -0.395 e. The molecule has 0 fully saturated rings. The molecule has 6 nitrogen and oxygen atoms in total. The molecule has 0 aliphatic rings. The lowest BCUT2D eigenvalue weighted by molar-refractivity contribution is 0.302. The van der Waals surface area contributed by atoms with Gasteiger partial charge in [-0.2, -0.15) is 20.5 Å². The summed E-state index contributed by atoms with van der Waals surface area (Å²) in [6, 6.07) is 24.9. The second kappa shape index (κ2) is 10.1. The first-order valence-corrected chi connectivity index (χ1v) is 9.23. The quantitative estimate of drug-likeness (QED) is 0.468. The van der Waals surface area contributed by atoms with Crippen molar-refractivity contribution >= 4 is 28.4 Å². The van der Waals surface area contributed by atoms with E-state index in [2.05, 4.69) is 32.3 Å². The third-order valence-electron chi connectivity index (χ3n) is 4.13. The fourth-order valence-corrected chi connectivity index (χ4v) is 2.63. The summed E-state index contributed by atoms with van der Waals surface area (Å²) in [5.41, 5.74) is 4.16. The molecule has 0 aromatic heterocycles. The summed E-state index contributed by atoms with van der Waals surface area (Å²) in [5, 5.41) is 26.1. The van der Waals surface area contributed by atoms with Crippen LogP contribution in [0.15, 0.2) is 99.3 Å². The second-order valence-electron chi connectivity index (χ2n) is 6.07. The van der Waals surface area contributed by atoms with Crippen molar-refractivity contribution in [2.75, 3.05) is 24.6 Å². The fourth-order valence-electron chi connectivity index (χ4n) is 2.63. The number of nitrogens with zero attached hydrogens (tertiary/aromatic N) is 5. The monoisotopic (exact) mass is 373 g/mol. The van der Waals surface area contributed by atoms with Gasteiger partial charge in [0.1, 0.15) is 0 Å². The Balaban J connectivity index is 1.62. The molecule has 0 radical (unpaired) electrons. The van der Waals surface area contributed by atoms with Crippen LogP contribution in [-0.2, 0) is 0 Å². The predicted molar refractivity (Wildman–Crippen MR) is 113 cm³/mol. The maximum absolute atomic E-state index is 9.12. The van der Waals surface area contributed by atoms with Crippen LogP contribution in [0, 0.1) is 0 Å². The van der Waals surface area contributed by atoms with E-state index in [0.29, 0.717) is 6.54 Å². The summed E-state index contributed by atoms with van der Waals surface area (Å²) in [6.07, 6.45) is 0. The molecule has 6 heteroatoms. The zero-order valence-corrected chi connectivity index (χ0v) is 15.8. The van der Waals surface area contributed by atoms with Gasteiger partial charge in [-0.3, -0.25) is 0 Å². The van der Waals surface area contributed by atoms with Gasteiger partial charge in [0.15, 0.2) is 0 Å². The molecule has 3 rings (SSSR count). The van der Waals surface area contributed by atoms with Crippen LogP contribution in [0.2, 0.25) is 0 Å². The van der Waals surface area contributed by atoms with E-state index in [1.165, 1.54) is 0 Å². The number of hydrogen-bond acceptors (Lipinski definition) is 6. The fraction of sp³-hybridized carbons (Fsp3) is 0.182. The molecule has 1 N–H and O–H groups in total. The van der Waals surface area contributed by atoms with Crippen LogP contribution in [0.25, 0.3) is 0 Å². The molecule has 0 aliphatic heterocycles. The van der Waals surface area contributed by atoms with Crippen molar-refractivity contribution in [3.63, 3.8) is 0 Å². The van der Waals surface area contributed by atoms with Crippen LogP contribution in [0.4, 0.5) is 28.4 Å². The largest absolute Gasteiger partial charge is 0.395 e. The molecule has 0 amide bonds. The number of anilines is 1.